The number of benzene rings is 1. The average Bonchev–Trinajstić information content (AvgIpc) is 2.78. The number of amides is 1. The van der Waals surface area contributed by atoms with Crippen LogP contribution in [0, 0.1) is 0 Å². The quantitative estimate of drug-likeness (QED) is 0.769. The molecule has 4 heteroatoms. The van der Waals surface area contributed by atoms with Gasteiger partial charge in [0, 0.05) is 18.9 Å². The third kappa shape index (κ3) is 1.61. The zero-order valence-corrected chi connectivity index (χ0v) is 10.4. The van der Waals surface area contributed by atoms with Gasteiger partial charge in [0.25, 0.3) is 0 Å². The lowest BCUT2D eigenvalue weighted by atomic mass is 10.1. The molecule has 92 valence electrons. The summed E-state index contributed by atoms with van der Waals surface area (Å²) in [6.45, 7) is 2.31. The van der Waals surface area contributed by atoms with Crippen LogP contribution in [0.1, 0.15) is 12.5 Å². The lowest BCUT2D eigenvalue weighted by Crippen LogP contribution is -2.26. The molecule has 0 saturated carbocycles. The molecule has 0 fully saturated rings. The van der Waals surface area contributed by atoms with Gasteiger partial charge in [-0.2, -0.15) is 0 Å². The van der Waals surface area contributed by atoms with Crippen molar-refractivity contribution in [2.75, 3.05) is 18.6 Å². The summed E-state index contributed by atoms with van der Waals surface area (Å²) in [5, 5.41) is 1.05. The summed E-state index contributed by atoms with van der Waals surface area (Å²) in [7, 11) is 1.65. The number of hydrogen-bond acceptors (Lipinski definition) is 3. The fourth-order valence-corrected chi connectivity index (χ4v) is 2.38. The number of anilines is 1. The second kappa shape index (κ2) is 3.98. The molecular formula is C14H14N2O2. The minimum Gasteiger partial charge on any atom is -0.497 e. The van der Waals surface area contributed by atoms with Gasteiger partial charge in [-0.15, -0.1) is 0 Å². The first-order valence-corrected chi connectivity index (χ1v) is 5.95. The molecule has 0 bridgehead atoms. The van der Waals surface area contributed by atoms with E-state index < -0.39 is 0 Å². The number of nitrogens with zero attached hydrogens (tertiary/aromatic N) is 2. The number of carbonyl (C=O) groups is 1. The number of hydrogen-bond donors (Lipinski definition) is 0. The molecule has 1 aliphatic rings. The Morgan fingerprint density at radius 2 is 2.22 bits per heavy atom. The van der Waals surface area contributed by atoms with Crippen LogP contribution in [0.3, 0.4) is 0 Å². The summed E-state index contributed by atoms with van der Waals surface area (Å²) in [6.07, 6.45) is 0.870. The summed E-state index contributed by atoms with van der Waals surface area (Å²) < 4.78 is 5.21. The number of pyridine rings is 1. The smallest absolute Gasteiger partial charge is 0.225 e. The first-order chi connectivity index (χ1) is 8.69. The van der Waals surface area contributed by atoms with E-state index in [1.165, 1.54) is 0 Å². The highest BCUT2D eigenvalue weighted by Crippen LogP contribution is 2.30. The van der Waals surface area contributed by atoms with Gasteiger partial charge >= 0.3 is 0 Å². The van der Waals surface area contributed by atoms with Crippen LogP contribution >= 0.6 is 0 Å². The summed E-state index contributed by atoms with van der Waals surface area (Å²) in [5.41, 5.74) is 2.02. The molecule has 0 radical (unpaired) electrons. The summed E-state index contributed by atoms with van der Waals surface area (Å²) in [4.78, 5) is 17.8. The van der Waals surface area contributed by atoms with Gasteiger partial charge in [-0.3, -0.25) is 9.69 Å². The molecule has 0 saturated heterocycles. The van der Waals surface area contributed by atoms with E-state index in [1.54, 1.807) is 18.9 Å². The SMILES string of the molecule is COc1ccc2nc3c(cc2c1)CCN3C(C)=O. The average molecular weight is 242 g/mol. The van der Waals surface area contributed by atoms with E-state index in [4.69, 9.17) is 4.74 Å². The van der Waals surface area contributed by atoms with Crippen LogP contribution in [0.4, 0.5) is 5.82 Å². The molecule has 0 aliphatic carbocycles. The lowest BCUT2D eigenvalue weighted by molar-refractivity contribution is -0.116. The number of aromatic nitrogens is 1. The van der Waals surface area contributed by atoms with Crippen LogP contribution in [0.5, 0.6) is 5.75 Å². The van der Waals surface area contributed by atoms with E-state index >= 15 is 0 Å². The van der Waals surface area contributed by atoms with Gasteiger partial charge in [0.1, 0.15) is 11.6 Å². The van der Waals surface area contributed by atoms with Crippen molar-refractivity contribution in [3.8, 4) is 5.75 Å². The van der Waals surface area contributed by atoms with Crippen molar-refractivity contribution in [3.05, 3.63) is 29.8 Å². The molecular weight excluding hydrogens is 228 g/mol. The van der Waals surface area contributed by atoms with Crippen LogP contribution in [0.2, 0.25) is 0 Å². The van der Waals surface area contributed by atoms with Crippen LogP contribution in [0.25, 0.3) is 10.9 Å². The second-order valence-electron chi connectivity index (χ2n) is 4.45. The Bertz CT molecular complexity index is 637. The molecule has 4 nitrogen and oxygen atoms in total. The molecule has 0 unspecified atom stereocenters. The fraction of sp³-hybridized carbons (Fsp3) is 0.286. The Labute approximate surface area is 105 Å². The first kappa shape index (κ1) is 11.0. The third-order valence-electron chi connectivity index (χ3n) is 3.32. The van der Waals surface area contributed by atoms with E-state index in [2.05, 4.69) is 11.1 Å². The molecule has 0 spiro atoms. The zero-order valence-electron chi connectivity index (χ0n) is 10.4. The summed E-state index contributed by atoms with van der Waals surface area (Å²) in [5.74, 6) is 1.68. The predicted molar refractivity (Wildman–Crippen MR) is 70.0 cm³/mol. The van der Waals surface area contributed by atoms with Gasteiger partial charge in [0.2, 0.25) is 5.91 Å². The number of rotatable bonds is 1. The molecule has 1 amide bonds. The van der Waals surface area contributed by atoms with Crippen molar-refractivity contribution in [1.29, 1.82) is 0 Å². The Balaban J connectivity index is 2.17. The van der Waals surface area contributed by atoms with Crippen LogP contribution < -0.4 is 9.64 Å². The topological polar surface area (TPSA) is 42.4 Å². The van der Waals surface area contributed by atoms with Crippen molar-refractivity contribution < 1.29 is 9.53 Å². The maximum Gasteiger partial charge on any atom is 0.225 e. The van der Waals surface area contributed by atoms with Gasteiger partial charge in [0.15, 0.2) is 0 Å². The Morgan fingerprint density at radius 3 is 2.94 bits per heavy atom. The molecule has 3 rings (SSSR count). The van der Waals surface area contributed by atoms with Gasteiger partial charge in [-0.05, 0) is 36.2 Å². The molecule has 0 atom stereocenters. The summed E-state index contributed by atoms with van der Waals surface area (Å²) >= 11 is 0. The zero-order chi connectivity index (χ0) is 12.7. The fourth-order valence-electron chi connectivity index (χ4n) is 2.38. The van der Waals surface area contributed by atoms with Crippen molar-refractivity contribution >= 4 is 22.6 Å². The minimum atomic E-state index is 0.0501. The van der Waals surface area contributed by atoms with Crippen molar-refractivity contribution in [2.24, 2.45) is 0 Å². The lowest BCUT2D eigenvalue weighted by Gasteiger charge is -2.14. The van der Waals surface area contributed by atoms with Crippen LogP contribution in [0.15, 0.2) is 24.3 Å². The molecule has 1 aromatic carbocycles. The largest absolute Gasteiger partial charge is 0.497 e. The highest BCUT2D eigenvalue weighted by molar-refractivity contribution is 5.95. The molecule has 2 heterocycles. The Kier molecular flexibility index (Phi) is 2.44. The monoisotopic (exact) mass is 242 g/mol. The van der Waals surface area contributed by atoms with Crippen molar-refractivity contribution in [2.45, 2.75) is 13.3 Å². The van der Waals surface area contributed by atoms with Gasteiger partial charge in [-0.1, -0.05) is 0 Å². The van der Waals surface area contributed by atoms with E-state index in [0.29, 0.717) is 0 Å². The number of carbonyl (C=O) groups excluding carboxylic acids is 1. The normalized spacial score (nSPS) is 13.8. The van der Waals surface area contributed by atoms with Crippen molar-refractivity contribution in [3.63, 3.8) is 0 Å². The first-order valence-electron chi connectivity index (χ1n) is 5.95. The van der Waals surface area contributed by atoms with E-state index in [0.717, 1.165) is 41.0 Å². The Hall–Kier alpha value is -2.10. The van der Waals surface area contributed by atoms with E-state index in [-0.39, 0.29) is 5.91 Å². The molecule has 0 N–H and O–H groups in total. The number of ether oxygens (including phenoxy) is 1. The molecule has 1 aliphatic heterocycles. The Morgan fingerprint density at radius 1 is 1.39 bits per heavy atom. The molecule has 1 aromatic heterocycles. The molecule has 18 heavy (non-hydrogen) atoms. The molecule has 2 aromatic rings. The summed E-state index contributed by atoms with van der Waals surface area (Å²) in [6, 6.07) is 7.88. The highest BCUT2D eigenvalue weighted by atomic mass is 16.5. The van der Waals surface area contributed by atoms with E-state index in [9.17, 15) is 4.79 Å². The predicted octanol–water partition coefficient (Wildman–Crippen LogP) is 2.15. The standard InChI is InChI=1S/C14H14N2O2/c1-9(17)16-6-5-10-7-11-8-12(18-2)3-4-13(11)15-14(10)16/h3-4,7-8H,5-6H2,1-2H3. The van der Waals surface area contributed by atoms with Crippen LogP contribution in [-0.4, -0.2) is 24.5 Å². The maximum atomic E-state index is 11.5. The van der Waals surface area contributed by atoms with Gasteiger partial charge < -0.3 is 4.74 Å². The number of methoxy groups -OCH3 is 1. The van der Waals surface area contributed by atoms with Gasteiger partial charge in [0.05, 0.1) is 12.6 Å². The van der Waals surface area contributed by atoms with E-state index in [1.807, 2.05) is 18.2 Å². The second-order valence-corrected chi connectivity index (χ2v) is 4.45. The highest BCUT2D eigenvalue weighted by Gasteiger charge is 2.24. The van der Waals surface area contributed by atoms with Crippen molar-refractivity contribution in [1.82, 2.24) is 4.98 Å². The van der Waals surface area contributed by atoms with Gasteiger partial charge in [-0.25, -0.2) is 4.98 Å². The van der Waals surface area contributed by atoms with Crippen LogP contribution in [-0.2, 0) is 11.2 Å². The maximum absolute atomic E-state index is 11.5. The minimum absolute atomic E-state index is 0.0501. The number of fused-ring (bicyclic) bond motifs is 2. The third-order valence-corrected chi connectivity index (χ3v) is 3.32.